The molecule has 1 aliphatic heterocycles. The van der Waals surface area contributed by atoms with E-state index in [1.54, 1.807) is 13.0 Å². The van der Waals surface area contributed by atoms with Crippen LogP contribution < -0.4 is 11.1 Å². The van der Waals surface area contributed by atoms with E-state index in [-0.39, 0.29) is 17.9 Å². The number of rotatable bonds is 2. The molecule has 0 bridgehead atoms. The highest BCUT2D eigenvalue weighted by molar-refractivity contribution is 5.92. The molecule has 1 fully saturated rings. The van der Waals surface area contributed by atoms with Gasteiger partial charge in [0.15, 0.2) is 5.82 Å². The van der Waals surface area contributed by atoms with Crippen LogP contribution in [-0.4, -0.2) is 30.3 Å². The van der Waals surface area contributed by atoms with E-state index in [9.17, 15) is 4.79 Å². The minimum atomic E-state index is -0.304. The first-order valence-electron chi connectivity index (χ1n) is 4.74. The van der Waals surface area contributed by atoms with Crippen LogP contribution in [0.3, 0.4) is 0 Å². The largest absolute Gasteiger partial charge is 0.379 e. The van der Waals surface area contributed by atoms with Crippen LogP contribution in [0.2, 0.25) is 0 Å². The number of amides is 1. The Morgan fingerprint density at radius 2 is 2.47 bits per heavy atom. The van der Waals surface area contributed by atoms with Crippen LogP contribution in [0.25, 0.3) is 0 Å². The van der Waals surface area contributed by atoms with Gasteiger partial charge < -0.3 is 20.3 Å². The van der Waals surface area contributed by atoms with Crippen LogP contribution in [-0.2, 0) is 9.53 Å². The van der Waals surface area contributed by atoms with E-state index >= 15 is 0 Å². The molecule has 1 aromatic rings. The van der Waals surface area contributed by atoms with Crippen LogP contribution in [0.15, 0.2) is 10.6 Å². The molecule has 82 valence electrons. The van der Waals surface area contributed by atoms with Crippen molar-refractivity contribution in [2.75, 3.05) is 18.5 Å². The average molecular weight is 211 g/mol. The molecule has 1 aliphatic rings. The quantitative estimate of drug-likeness (QED) is 0.712. The van der Waals surface area contributed by atoms with Crippen LogP contribution >= 0.6 is 0 Å². The van der Waals surface area contributed by atoms with Crippen molar-refractivity contribution >= 4 is 11.7 Å². The van der Waals surface area contributed by atoms with Crippen LogP contribution in [0.4, 0.5) is 5.82 Å². The minimum Gasteiger partial charge on any atom is -0.379 e. The Morgan fingerprint density at radius 3 is 3.00 bits per heavy atom. The van der Waals surface area contributed by atoms with Crippen molar-refractivity contribution in [3.05, 3.63) is 11.8 Å². The number of hydrogen-bond donors (Lipinski definition) is 2. The summed E-state index contributed by atoms with van der Waals surface area (Å²) >= 11 is 0. The van der Waals surface area contributed by atoms with Gasteiger partial charge in [0.25, 0.3) is 0 Å². The summed E-state index contributed by atoms with van der Waals surface area (Å²) in [6.45, 7) is 2.55. The molecule has 2 atom stereocenters. The lowest BCUT2D eigenvalue weighted by Gasteiger charge is -2.11. The van der Waals surface area contributed by atoms with E-state index < -0.39 is 0 Å². The van der Waals surface area contributed by atoms with Crippen molar-refractivity contribution in [3.63, 3.8) is 0 Å². The van der Waals surface area contributed by atoms with E-state index in [1.807, 2.05) is 0 Å². The fourth-order valence-corrected chi connectivity index (χ4v) is 1.49. The molecule has 1 saturated heterocycles. The highest BCUT2D eigenvalue weighted by Crippen LogP contribution is 2.15. The lowest BCUT2D eigenvalue weighted by molar-refractivity contribution is -0.120. The second-order valence-electron chi connectivity index (χ2n) is 3.62. The fourth-order valence-electron chi connectivity index (χ4n) is 1.49. The second kappa shape index (κ2) is 4.00. The van der Waals surface area contributed by atoms with Gasteiger partial charge in [0.05, 0.1) is 19.1 Å². The van der Waals surface area contributed by atoms with Crippen molar-refractivity contribution < 1.29 is 14.1 Å². The number of nitrogens with one attached hydrogen (secondary N) is 1. The number of anilines is 1. The maximum absolute atomic E-state index is 11.7. The summed E-state index contributed by atoms with van der Waals surface area (Å²) in [5.41, 5.74) is 5.71. The van der Waals surface area contributed by atoms with E-state index in [4.69, 9.17) is 15.0 Å². The Hall–Kier alpha value is -1.40. The lowest BCUT2D eigenvalue weighted by atomic mass is 10.0. The molecule has 6 heteroatoms. The van der Waals surface area contributed by atoms with Gasteiger partial charge in [-0.15, -0.1) is 0 Å². The first-order valence-corrected chi connectivity index (χ1v) is 4.74. The van der Waals surface area contributed by atoms with Crippen LogP contribution in [0.5, 0.6) is 0 Å². The fraction of sp³-hybridized carbons (Fsp3) is 0.556. The van der Waals surface area contributed by atoms with Gasteiger partial charge >= 0.3 is 0 Å². The van der Waals surface area contributed by atoms with Crippen molar-refractivity contribution in [1.29, 1.82) is 0 Å². The van der Waals surface area contributed by atoms with Crippen molar-refractivity contribution in [2.24, 2.45) is 11.7 Å². The number of carbonyl (C=O) groups is 1. The van der Waals surface area contributed by atoms with Gasteiger partial charge in [-0.2, -0.15) is 0 Å². The van der Waals surface area contributed by atoms with Gasteiger partial charge in [-0.1, -0.05) is 5.16 Å². The standard InChI is InChI=1S/C9H13N3O3/c1-5-2-8(12-15-5)11-9(13)6-3-14-4-7(6)10/h2,6-7H,3-4,10H2,1H3,(H,11,12,13). The summed E-state index contributed by atoms with van der Waals surface area (Å²) in [5.74, 6) is 0.587. The highest BCUT2D eigenvalue weighted by atomic mass is 16.5. The van der Waals surface area contributed by atoms with E-state index in [0.717, 1.165) is 0 Å². The first kappa shape index (κ1) is 10.1. The third kappa shape index (κ3) is 2.16. The number of aryl methyl sites for hydroxylation is 1. The maximum Gasteiger partial charge on any atom is 0.232 e. The molecule has 0 saturated carbocycles. The van der Waals surface area contributed by atoms with Crippen LogP contribution in [0, 0.1) is 12.8 Å². The molecule has 2 unspecified atom stereocenters. The zero-order valence-electron chi connectivity index (χ0n) is 8.40. The monoisotopic (exact) mass is 211 g/mol. The summed E-state index contributed by atoms with van der Waals surface area (Å²) < 4.78 is 9.93. The Balaban J connectivity index is 1.97. The predicted octanol–water partition coefficient (Wildman–Crippen LogP) is -0.105. The van der Waals surface area contributed by atoms with Gasteiger partial charge in [-0.05, 0) is 6.92 Å². The maximum atomic E-state index is 11.7. The molecule has 2 rings (SSSR count). The molecule has 1 aromatic heterocycles. The average Bonchev–Trinajstić information content (AvgIpc) is 2.75. The molecule has 3 N–H and O–H groups in total. The van der Waals surface area contributed by atoms with Crippen LogP contribution in [0.1, 0.15) is 5.76 Å². The highest BCUT2D eigenvalue weighted by Gasteiger charge is 2.31. The molecule has 0 aromatic carbocycles. The van der Waals surface area contributed by atoms with E-state index in [2.05, 4.69) is 10.5 Å². The van der Waals surface area contributed by atoms with E-state index in [0.29, 0.717) is 24.8 Å². The number of aromatic nitrogens is 1. The Morgan fingerprint density at radius 1 is 1.67 bits per heavy atom. The SMILES string of the molecule is Cc1cc(NC(=O)C2COCC2N)no1. The Kier molecular flexibility index (Phi) is 2.70. The zero-order valence-corrected chi connectivity index (χ0v) is 8.40. The molecule has 0 aliphatic carbocycles. The molecule has 1 amide bonds. The van der Waals surface area contributed by atoms with Gasteiger partial charge in [0.2, 0.25) is 5.91 Å². The van der Waals surface area contributed by atoms with Gasteiger partial charge in [-0.25, -0.2) is 0 Å². The molecular weight excluding hydrogens is 198 g/mol. The molecule has 6 nitrogen and oxygen atoms in total. The third-order valence-corrected chi connectivity index (χ3v) is 2.34. The molecule has 0 spiro atoms. The molecule has 2 heterocycles. The number of ether oxygens (including phenoxy) is 1. The number of nitrogens with zero attached hydrogens (tertiary/aromatic N) is 1. The first-order chi connectivity index (χ1) is 7.16. The number of nitrogens with two attached hydrogens (primary N) is 1. The molecular formula is C9H13N3O3. The third-order valence-electron chi connectivity index (χ3n) is 2.34. The summed E-state index contributed by atoms with van der Waals surface area (Å²) in [4.78, 5) is 11.7. The topological polar surface area (TPSA) is 90.4 Å². The van der Waals surface area contributed by atoms with Gasteiger partial charge in [-0.3, -0.25) is 4.79 Å². The predicted molar refractivity (Wildman–Crippen MR) is 52.2 cm³/mol. The van der Waals surface area contributed by atoms with Gasteiger partial charge in [0.1, 0.15) is 5.76 Å². The summed E-state index contributed by atoms with van der Waals surface area (Å²) in [6, 6.07) is 1.41. The van der Waals surface area contributed by atoms with Crippen molar-refractivity contribution in [3.8, 4) is 0 Å². The van der Waals surface area contributed by atoms with E-state index in [1.165, 1.54) is 0 Å². The smallest absolute Gasteiger partial charge is 0.232 e. The molecule has 0 radical (unpaired) electrons. The van der Waals surface area contributed by atoms with Crippen molar-refractivity contribution in [1.82, 2.24) is 5.16 Å². The summed E-state index contributed by atoms with van der Waals surface area (Å²) in [7, 11) is 0. The summed E-state index contributed by atoms with van der Waals surface area (Å²) in [6.07, 6.45) is 0. The zero-order chi connectivity index (χ0) is 10.8. The Labute approximate surface area is 86.7 Å². The normalized spacial score (nSPS) is 25.5. The minimum absolute atomic E-state index is 0.173. The summed E-state index contributed by atoms with van der Waals surface area (Å²) in [5, 5.41) is 6.29. The molecule has 15 heavy (non-hydrogen) atoms. The Bertz CT molecular complexity index is 363. The number of carbonyl (C=O) groups excluding carboxylic acids is 1. The van der Waals surface area contributed by atoms with Crippen molar-refractivity contribution in [2.45, 2.75) is 13.0 Å². The lowest BCUT2D eigenvalue weighted by Crippen LogP contribution is -2.37. The van der Waals surface area contributed by atoms with Gasteiger partial charge in [0, 0.05) is 12.1 Å². The number of hydrogen-bond acceptors (Lipinski definition) is 5. The second-order valence-corrected chi connectivity index (χ2v) is 3.62.